The number of rotatable bonds is 7. The molecule has 0 spiro atoms. The Kier molecular flexibility index (Phi) is 6.42. The maximum absolute atomic E-state index is 12.9. The van der Waals surface area contributed by atoms with Crippen molar-refractivity contribution in [3.8, 4) is 0 Å². The van der Waals surface area contributed by atoms with Gasteiger partial charge in [0.1, 0.15) is 11.0 Å². The van der Waals surface area contributed by atoms with Crippen molar-refractivity contribution in [3.05, 3.63) is 16.0 Å². The lowest BCUT2D eigenvalue weighted by Gasteiger charge is -2.16. The second-order valence-corrected chi connectivity index (χ2v) is 8.57. The molecule has 12 heteroatoms. The lowest BCUT2D eigenvalue weighted by atomic mass is 9.95. The molecule has 0 fully saturated rings. The summed E-state index contributed by atoms with van der Waals surface area (Å²) >= 11 is 2.45. The van der Waals surface area contributed by atoms with Crippen LogP contribution in [0.1, 0.15) is 46.6 Å². The molecule has 156 valence electrons. The number of primary amides is 1. The van der Waals surface area contributed by atoms with Crippen molar-refractivity contribution in [3.63, 3.8) is 0 Å². The second kappa shape index (κ2) is 8.82. The number of hydrogen-bond acceptors (Lipinski definition) is 9. The van der Waals surface area contributed by atoms with Gasteiger partial charge >= 0.3 is 5.97 Å². The van der Waals surface area contributed by atoms with Gasteiger partial charge in [-0.25, -0.2) is 0 Å². The first kappa shape index (κ1) is 21.1. The molecule has 1 aliphatic rings. The number of hydrogen-bond donors (Lipinski definition) is 3. The van der Waals surface area contributed by atoms with Crippen LogP contribution in [-0.4, -0.2) is 45.4 Å². The number of nitrogen functional groups attached to an aromatic ring is 1. The molecule has 1 atom stereocenters. The van der Waals surface area contributed by atoms with Gasteiger partial charge in [-0.1, -0.05) is 11.8 Å². The third kappa shape index (κ3) is 4.37. The fourth-order valence-electron chi connectivity index (χ4n) is 3.18. The molecule has 2 aromatic rings. The van der Waals surface area contributed by atoms with Gasteiger partial charge < -0.3 is 21.5 Å². The van der Waals surface area contributed by atoms with Gasteiger partial charge in [-0.3, -0.25) is 19.0 Å². The monoisotopic (exact) mass is 438 g/mol. The molecule has 2 amide bonds. The van der Waals surface area contributed by atoms with Crippen molar-refractivity contribution in [1.29, 1.82) is 0 Å². The number of aromatic nitrogens is 3. The Morgan fingerprint density at radius 2 is 2.03 bits per heavy atom. The maximum Gasteiger partial charge on any atom is 0.316 e. The third-order valence-electron chi connectivity index (χ3n) is 4.66. The number of aryl methyl sites for hydroxylation is 1. The number of nitrogens with zero attached hydrogens (tertiary/aromatic N) is 3. The predicted octanol–water partition coefficient (Wildman–Crippen LogP) is 1.36. The summed E-state index contributed by atoms with van der Waals surface area (Å²) in [6, 6.07) is -0.773. The minimum Gasteiger partial charge on any atom is -0.468 e. The van der Waals surface area contributed by atoms with Crippen molar-refractivity contribution < 1.29 is 19.1 Å². The number of methoxy groups -OCH3 is 1. The molecule has 10 nitrogen and oxygen atoms in total. The topological polar surface area (TPSA) is 155 Å². The van der Waals surface area contributed by atoms with E-state index in [4.69, 9.17) is 11.5 Å². The van der Waals surface area contributed by atoms with Gasteiger partial charge in [0.15, 0.2) is 5.16 Å². The highest BCUT2D eigenvalue weighted by atomic mass is 32.2. The first-order valence-electron chi connectivity index (χ1n) is 8.98. The largest absolute Gasteiger partial charge is 0.468 e. The smallest absolute Gasteiger partial charge is 0.316 e. The molecule has 5 N–H and O–H groups in total. The van der Waals surface area contributed by atoms with Crippen LogP contribution < -0.4 is 16.8 Å². The number of anilines is 2. The van der Waals surface area contributed by atoms with Gasteiger partial charge in [0.05, 0.1) is 18.4 Å². The van der Waals surface area contributed by atoms with Crippen molar-refractivity contribution >= 4 is 51.8 Å². The van der Waals surface area contributed by atoms with E-state index in [2.05, 4.69) is 20.3 Å². The number of amides is 2. The Bertz CT molecular complexity index is 954. The van der Waals surface area contributed by atoms with Crippen LogP contribution in [0.15, 0.2) is 5.16 Å². The number of thiophene rings is 1. The minimum absolute atomic E-state index is 0.00639. The molecular weight excluding hydrogens is 416 g/mol. The van der Waals surface area contributed by atoms with E-state index in [-0.39, 0.29) is 11.7 Å². The summed E-state index contributed by atoms with van der Waals surface area (Å²) < 4.78 is 6.04. The molecule has 0 bridgehead atoms. The first-order chi connectivity index (χ1) is 13.8. The molecular formula is C17H22N6O4S2. The quantitative estimate of drug-likeness (QED) is 0.432. The van der Waals surface area contributed by atoms with E-state index in [9.17, 15) is 14.4 Å². The number of thioether (sulfide) groups is 1. The van der Waals surface area contributed by atoms with Crippen molar-refractivity contribution in [2.45, 2.75) is 43.8 Å². The summed E-state index contributed by atoms with van der Waals surface area (Å²) in [4.78, 5) is 37.4. The van der Waals surface area contributed by atoms with E-state index >= 15 is 0 Å². The summed E-state index contributed by atoms with van der Waals surface area (Å²) in [6.45, 7) is 1.63. The summed E-state index contributed by atoms with van der Waals surface area (Å²) in [5.74, 6) is -1.33. The van der Waals surface area contributed by atoms with Crippen LogP contribution in [0.25, 0.3) is 0 Å². The molecule has 2 heterocycles. The Morgan fingerprint density at radius 1 is 1.31 bits per heavy atom. The Labute approximate surface area is 175 Å². The first-order valence-corrected chi connectivity index (χ1v) is 10.8. The van der Waals surface area contributed by atoms with E-state index in [0.717, 1.165) is 47.9 Å². The number of esters is 1. The lowest BCUT2D eigenvalue weighted by molar-refractivity contribution is -0.137. The molecule has 0 aliphatic heterocycles. The number of carbonyl (C=O) groups is 3. The lowest BCUT2D eigenvalue weighted by Crippen LogP contribution is -2.26. The highest BCUT2D eigenvalue weighted by Crippen LogP contribution is 2.38. The van der Waals surface area contributed by atoms with E-state index < -0.39 is 23.8 Å². The molecule has 2 aromatic heterocycles. The normalized spacial score (nSPS) is 14.1. The van der Waals surface area contributed by atoms with Gasteiger partial charge in [0, 0.05) is 4.88 Å². The Hall–Kier alpha value is -2.60. The zero-order valence-corrected chi connectivity index (χ0v) is 17.7. The van der Waals surface area contributed by atoms with Crippen LogP contribution in [0.2, 0.25) is 0 Å². The zero-order valence-electron chi connectivity index (χ0n) is 16.1. The molecule has 29 heavy (non-hydrogen) atoms. The highest BCUT2D eigenvalue weighted by molar-refractivity contribution is 7.99. The summed E-state index contributed by atoms with van der Waals surface area (Å²) in [5.41, 5.74) is 12.8. The van der Waals surface area contributed by atoms with E-state index in [1.807, 2.05) is 0 Å². The third-order valence-corrected chi connectivity index (χ3v) is 6.78. The number of nitrogens with two attached hydrogens (primary N) is 2. The van der Waals surface area contributed by atoms with E-state index in [1.54, 1.807) is 6.92 Å². The maximum atomic E-state index is 12.9. The molecule has 0 radical (unpaired) electrons. The van der Waals surface area contributed by atoms with Crippen molar-refractivity contribution in [1.82, 2.24) is 14.8 Å². The summed E-state index contributed by atoms with van der Waals surface area (Å²) in [6.07, 6.45) is 3.69. The van der Waals surface area contributed by atoms with Gasteiger partial charge in [-0.2, -0.15) is 0 Å². The summed E-state index contributed by atoms with van der Waals surface area (Å²) in [5, 5.41) is 11.3. The van der Waals surface area contributed by atoms with Crippen molar-refractivity contribution in [2.75, 3.05) is 23.9 Å². The van der Waals surface area contributed by atoms with E-state index in [0.29, 0.717) is 15.7 Å². The van der Waals surface area contributed by atoms with Crippen LogP contribution >= 0.6 is 23.1 Å². The molecule has 3 rings (SSSR count). The van der Waals surface area contributed by atoms with Crippen molar-refractivity contribution in [2.24, 2.45) is 5.73 Å². The Balaban J connectivity index is 1.82. The zero-order chi connectivity index (χ0) is 21.1. The van der Waals surface area contributed by atoms with Crippen LogP contribution in [0.3, 0.4) is 0 Å². The van der Waals surface area contributed by atoms with Gasteiger partial charge in [0.2, 0.25) is 11.9 Å². The van der Waals surface area contributed by atoms with E-state index in [1.165, 1.54) is 23.0 Å². The minimum atomic E-state index is -0.773. The second-order valence-electron chi connectivity index (χ2n) is 6.52. The van der Waals surface area contributed by atoms with Crippen LogP contribution in [0, 0.1) is 0 Å². The molecule has 0 saturated heterocycles. The fraction of sp³-hybridized carbons (Fsp3) is 0.471. The van der Waals surface area contributed by atoms with Crippen LogP contribution in [0.5, 0.6) is 0 Å². The van der Waals surface area contributed by atoms with Crippen LogP contribution in [-0.2, 0) is 27.2 Å². The fourth-order valence-corrected chi connectivity index (χ4v) is 5.33. The van der Waals surface area contributed by atoms with Gasteiger partial charge in [-0.05, 0) is 38.2 Å². The molecule has 0 aromatic carbocycles. The van der Waals surface area contributed by atoms with Crippen LogP contribution in [0.4, 0.5) is 10.9 Å². The summed E-state index contributed by atoms with van der Waals surface area (Å²) in [7, 11) is 1.29. The number of ether oxygens (including phenoxy) is 1. The van der Waals surface area contributed by atoms with Gasteiger partial charge in [-0.15, -0.1) is 21.5 Å². The Morgan fingerprint density at radius 3 is 2.72 bits per heavy atom. The molecule has 1 unspecified atom stereocenters. The number of fused-ring (bicyclic) bond motifs is 1. The SMILES string of the molecule is COC(=O)CSc1nnc(N)n1C(C)C(=O)Nc1sc2c(c1C(N)=O)CCCC2. The average Bonchev–Trinajstić information content (AvgIpc) is 3.25. The highest BCUT2D eigenvalue weighted by Gasteiger charge is 2.28. The molecule has 0 saturated carbocycles. The number of nitrogens with one attached hydrogen (secondary N) is 1. The molecule has 1 aliphatic carbocycles. The predicted molar refractivity (Wildman–Crippen MR) is 110 cm³/mol. The van der Waals surface area contributed by atoms with Gasteiger partial charge in [0.25, 0.3) is 5.91 Å². The standard InChI is InChI=1S/C17H22N6O4S2/c1-8(23-16(19)21-22-17(23)28-7-11(24)27-2)14(26)20-15-12(13(18)25)9-5-3-4-6-10(9)29-15/h8H,3-7H2,1-2H3,(H2,18,25)(H2,19,21)(H,20,26). The number of carbonyl (C=O) groups excluding carboxylic acids is 3. The average molecular weight is 439 g/mol.